The predicted molar refractivity (Wildman–Crippen MR) is 84.4 cm³/mol. The highest BCUT2D eigenvalue weighted by molar-refractivity contribution is 6.42. The van der Waals surface area contributed by atoms with E-state index in [9.17, 15) is 0 Å². The highest BCUT2D eigenvalue weighted by atomic mass is 35.5. The first-order valence-electron chi connectivity index (χ1n) is 6.62. The van der Waals surface area contributed by atoms with Crippen molar-refractivity contribution < 1.29 is 4.74 Å². The fourth-order valence-electron chi connectivity index (χ4n) is 2.80. The van der Waals surface area contributed by atoms with E-state index < -0.39 is 0 Å². The quantitative estimate of drug-likeness (QED) is 0.634. The van der Waals surface area contributed by atoms with E-state index in [0.29, 0.717) is 27.8 Å². The third-order valence-electron chi connectivity index (χ3n) is 4.09. The smallest absolute Gasteiger partial charge is 0.131 e. The van der Waals surface area contributed by atoms with Crippen LogP contribution in [0.25, 0.3) is 0 Å². The molecule has 1 fully saturated rings. The van der Waals surface area contributed by atoms with Crippen LogP contribution < -0.4 is 5.32 Å². The fourth-order valence-corrected chi connectivity index (χ4v) is 3.28. The van der Waals surface area contributed by atoms with Crippen LogP contribution in [-0.2, 0) is 4.74 Å². The highest BCUT2D eigenvalue weighted by Crippen LogP contribution is 2.38. The number of hydrogen-bond acceptors (Lipinski definition) is 3. The lowest BCUT2D eigenvalue weighted by Crippen LogP contribution is -2.43. The van der Waals surface area contributed by atoms with Gasteiger partial charge in [-0.05, 0) is 25.1 Å². The Kier molecular flexibility index (Phi) is 4.71. The van der Waals surface area contributed by atoms with Gasteiger partial charge in [0.25, 0.3) is 0 Å². The van der Waals surface area contributed by atoms with E-state index in [1.807, 2.05) is 6.20 Å². The number of halogens is 2. The summed E-state index contributed by atoms with van der Waals surface area (Å²) in [6.07, 6.45) is 2.96. The molecule has 2 aliphatic heterocycles. The maximum absolute atomic E-state index is 6.39. The van der Waals surface area contributed by atoms with Crippen molar-refractivity contribution in [2.24, 2.45) is 5.92 Å². The summed E-state index contributed by atoms with van der Waals surface area (Å²) >= 11 is 12.6. The molecule has 110 valence electrons. The van der Waals surface area contributed by atoms with E-state index in [1.54, 1.807) is 0 Å². The molecule has 2 unspecified atom stereocenters. The first-order chi connectivity index (χ1) is 9.49. The van der Waals surface area contributed by atoms with Crippen LogP contribution in [0.3, 0.4) is 0 Å². The summed E-state index contributed by atoms with van der Waals surface area (Å²) in [5, 5.41) is 4.33. The number of piperidine rings is 1. The SMILES string of the molecule is C=CN1CCC2NC(/C(Cl)=C(/Cl)C(=C)OC)=C(C)C2C1. The Balaban J connectivity index is 2.27. The molecule has 1 N–H and O–H groups in total. The second-order valence-corrected chi connectivity index (χ2v) is 5.89. The van der Waals surface area contributed by atoms with Crippen molar-refractivity contribution in [3.63, 3.8) is 0 Å². The van der Waals surface area contributed by atoms with Crippen molar-refractivity contribution in [3.8, 4) is 0 Å². The molecule has 3 nitrogen and oxygen atoms in total. The second kappa shape index (κ2) is 6.15. The molecule has 20 heavy (non-hydrogen) atoms. The molecule has 0 spiro atoms. The summed E-state index contributed by atoms with van der Waals surface area (Å²) < 4.78 is 5.04. The van der Waals surface area contributed by atoms with Crippen LogP contribution in [0.15, 0.2) is 46.5 Å². The standard InChI is InChI=1S/C15H20Cl2N2O/c1-5-19-7-6-12-11(8-19)9(2)15(18-12)14(17)13(16)10(3)20-4/h5,11-12,18H,1,3,6-8H2,2,4H3/b14-13-. The van der Waals surface area contributed by atoms with Gasteiger partial charge >= 0.3 is 0 Å². The van der Waals surface area contributed by atoms with Gasteiger partial charge in [-0.15, -0.1) is 0 Å². The summed E-state index contributed by atoms with van der Waals surface area (Å²) in [4.78, 5) is 2.24. The molecule has 2 rings (SSSR count). The van der Waals surface area contributed by atoms with Gasteiger partial charge < -0.3 is 15.0 Å². The molecule has 2 heterocycles. The predicted octanol–water partition coefficient (Wildman–Crippen LogP) is 3.55. The van der Waals surface area contributed by atoms with Crippen LogP contribution in [0.2, 0.25) is 0 Å². The maximum Gasteiger partial charge on any atom is 0.131 e. The van der Waals surface area contributed by atoms with Gasteiger partial charge in [0.1, 0.15) is 10.8 Å². The number of allylic oxidation sites excluding steroid dienone is 2. The Morgan fingerprint density at radius 3 is 2.80 bits per heavy atom. The zero-order valence-electron chi connectivity index (χ0n) is 11.9. The van der Waals surface area contributed by atoms with Gasteiger partial charge in [-0.2, -0.15) is 0 Å². The summed E-state index contributed by atoms with van der Waals surface area (Å²) in [6, 6.07) is 0.412. The number of ether oxygens (including phenoxy) is 1. The Bertz CT molecular complexity index is 496. The number of nitrogens with one attached hydrogen (secondary N) is 1. The number of methoxy groups -OCH3 is 1. The molecule has 0 aliphatic carbocycles. The van der Waals surface area contributed by atoms with Gasteiger partial charge in [0.15, 0.2) is 0 Å². The normalized spacial score (nSPS) is 26.7. The summed E-state index contributed by atoms with van der Waals surface area (Å²) in [5.41, 5.74) is 2.14. The van der Waals surface area contributed by atoms with E-state index in [0.717, 1.165) is 25.2 Å². The third kappa shape index (κ3) is 2.70. The van der Waals surface area contributed by atoms with Crippen LogP contribution in [-0.4, -0.2) is 31.1 Å². The molecule has 0 amide bonds. The van der Waals surface area contributed by atoms with E-state index in [1.165, 1.54) is 12.7 Å². The summed E-state index contributed by atoms with van der Waals surface area (Å²) in [5.74, 6) is 0.812. The molecule has 2 atom stereocenters. The molecular formula is C15H20Cl2N2O. The van der Waals surface area contributed by atoms with E-state index in [4.69, 9.17) is 27.9 Å². The molecule has 0 aromatic rings. The lowest BCUT2D eigenvalue weighted by molar-refractivity contribution is 0.228. The van der Waals surface area contributed by atoms with E-state index in [-0.39, 0.29) is 0 Å². The van der Waals surface area contributed by atoms with Gasteiger partial charge in [0.2, 0.25) is 0 Å². The first-order valence-corrected chi connectivity index (χ1v) is 7.38. The zero-order chi connectivity index (χ0) is 14.9. The van der Waals surface area contributed by atoms with Gasteiger partial charge in [-0.3, -0.25) is 0 Å². The number of hydrogen-bond donors (Lipinski definition) is 1. The van der Waals surface area contributed by atoms with Crippen LogP contribution in [0.5, 0.6) is 0 Å². The van der Waals surface area contributed by atoms with E-state index >= 15 is 0 Å². The second-order valence-electron chi connectivity index (χ2n) is 5.14. The van der Waals surface area contributed by atoms with Crippen molar-refractivity contribution in [1.29, 1.82) is 0 Å². The highest BCUT2D eigenvalue weighted by Gasteiger charge is 2.37. The van der Waals surface area contributed by atoms with Crippen molar-refractivity contribution in [3.05, 3.63) is 46.5 Å². The Morgan fingerprint density at radius 2 is 2.20 bits per heavy atom. The molecule has 0 saturated carbocycles. The fraction of sp³-hybridized carbons (Fsp3) is 0.467. The minimum Gasteiger partial charge on any atom is -0.496 e. The molecule has 2 aliphatic rings. The molecule has 0 bridgehead atoms. The number of likely N-dealkylation sites (tertiary alicyclic amines) is 1. The Labute approximate surface area is 130 Å². The van der Waals surface area contributed by atoms with Crippen molar-refractivity contribution >= 4 is 23.2 Å². The minimum absolute atomic E-state index is 0.357. The van der Waals surface area contributed by atoms with Crippen molar-refractivity contribution in [1.82, 2.24) is 10.2 Å². The van der Waals surface area contributed by atoms with Crippen LogP contribution in [0.1, 0.15) is 13.3 Å². The van der Waals surface area contributed by atoms with Gasteiger partial charge in [0.05, 0.1) is 17.8 Å². The van der Waals surface area contributed by atoms with Crippen LogP contribution in [0.4, 0.5) is 0 Å². The van der Waals surface area contributed by atoms with Gasteiger partial charge in [-0.25, -0.2) is 0 Å². The van der Waals surface area contributed by atoms with Gasteiger partial charge in [-0.1, -0.05) is 36.4 Å². The van der Waals surface area contributed by atoms with Crippen molar-refractivity contribution in [2.75, 3.05) is 20.2 Å². The number of fused-ring (bicyclic) bond motifs is 1. The molecule has 5 heteroatoms. The van der Waals surface area contributed by atoms with E-state index in [2.05, 4.69) is 30.3 Å². The zero-order valence-corrected chi connectivity index (χ0v) is 13.4. The number of rotatable bonds is 4. The van der Waals surface area contributed by atoms with Crippen molar-refractivity contribution in [2.45, 2.75) is 19.4 Å². The summed E-state index contributed by atoms with van der Waals surface area (Å²) in [7, 11) is 1.53. The molecule has 0 radical (unpaired) electrons. The Hall–Kier alpha value is -1.06. The molecule has 1 saturated heterocycles. The lowest BCUT2D eigenvalue weighted by atomic mass is 9.89. The molecular weight excluding hydrogens is 295 g/mol. The largest absolute Gasteiger partial charge is 0.496 e. The first kappa shape index (κ1) is 15.3. The monoisotopic (exact) mass is 314 g/mol. The Morgan fingerprint density at radius 1 is 1.50 bits per heavy atom. The van der Waals surface area contributed by atoms with Crippen LogP contribution >= 0.6 is 23.2 Å². The van der Waals surface area contributed by atoms with Crippen LogP contribution in [0, 0.1) is 5.92 Å². The lowest BCUT2D eigenvalue weighted by Gasteiger charge is -2.34. The summed E-state index contributed by atoms with van der Waals surface area (Å²) in [6.45, 7) is 11.7. The third-order valence-corrected chi connectivity index (χ3v) is 4.96. The van der Waals surface area contributed by atoms with Gasteiger partial charge in [0, 0.05) is 25.0 Å². The minimum atomic E-state index is 0.357. The average Bonchev–Trinajstić information content (AvgIpc) is 2.81. The molecule has 0 aromatic carbocycles. The average molecular weight is 315 g/mol. The topological polar surface area (TPSA) is 24.5 Å². The number of nitrogens with zero attached hydrogens (tertiary/aromatic N) is 1. The molecule has 0 aromatic heterocycles. The maximum atomic E-state index is 6.39.